The second-order valence-electron chi connectivity index (χ2n) is 10.2. The van der Waals surface area contributed by atoms with Crippen molar-refractivity contribution in [1.82, 2.24) is 19.9 Å². The number of rotatable bonds is 13. The molecular weight excluding hydrogens is 506 g/mol. The van der Waals surface area contributed by atoms with E-state index in [9.17, 15) is 14.4 Å². The third-order valence-electron chi connectivity index (χ3n) is 6.78. The van der Waals surface area contributed by atoms with Crippen LogP contribution in [-0.4, -0.2) is 45.6 Å². The summed E-state index contributed by atoms with van der Waals surface area (Å²) < 4.78 is 4.28. The Kier molecular flexibility index (Phi) is 11.4. The van der Waals surface area contributed by atoms with Gasteiger partial charge in [0.2, 0.25) is 5.91 Å². The number of hydrogen-bond acceptors (Lipinski definition) is 7. The Morgan fingerprint density at radius 2 is 1.95 bits per heavy atom. The molecule has 0 bridgehead atoms. The van der Waals surface area contributed by atoms with Gasteiger partial charge in [-0.3, -0.25) is 14.4 Å². The highest BCUT2D eigenvalue weighted by molar-refractivity contribution is 7.10. The van der Waals surface area contributed by atoms with Crippen LogP contribution in [0.3, 0.4) is 0 Å². The maximum atomic E-state index is 13.9. The normalized spacial score (nSPS) is 14.9. The summed E-state index contributed by atoms with van der Waals surface area (Å²) in [5, 5.41) is 8.02. The van der Waals surface area contributed by atoms with E-state index in [4.69, 9.17) is 5.73 Å². The number of unbranched alkanes of at least 4 members (excludes halogenated alkanes) is 1. The molecule has 3 amide bonds. The average Bonchev–Trinajstić information content (AvgIpc) is 3.53. The number of anilines is 1. The van der Waals surface area contributed by atoms with Gasteiger partial charge in [0.25, 0.3) is 11.8 Å². The number of nitrogens with one attached hydrogen (secondary N) is 2. The van der Waals surface area contributed by atoms with Gasteiger partial charge in [0.1, 0.15) is 10.9 Å². The van der Waals surface area contributed by atoms with Gasteiger partial charge >= 0.3 is 0 Å². The van der Waals surface area contributed by atoms with E-state index in [0.717, 1.165) is 61.4 Å². The smallest absolute Gasteiger partial charge is 0.273 e. The lowest BCUT2D eigenvalue weighted by molar-refractivity contribution is -0.126. The average molecular weight is 548 g/mol. The van der Waals surface area contributed by atoms with Gasteiger partial charge in [-0.25, -0.2) is 0 Å². The largest absolute Gasteiger partial charge is 0.395 e. The maximum Gasteiger partial charge on any atom is 0.273 e. The fourth-order valence-corrected chi connectivity index (χ4v) is 6.02. The first-order valence-corrected chi connectivity index (χ1v) is 15.1. The van der Waals surface area contributed by atoms with Crippen molar-refractivity contribution < 1.29 is 14.4 Å². The molecule has 204 valence electrons. The monoisotopic (exact) mass is 547 g/mol. The van der Waals surface area contributed by atoms with E-state index < -0.39 is 6.04 Å². The van der Waals surface area contributed by atoms with E-state index in [1.807, 2.05) is 17.5 Å². The SMILES string of the molecule is CCCCC(C(=O)NCCC(C)C)N(Cc1cccs1)C(=O)c1snc(C(=O)NC2CCCCC2)c1N. The van der Waals surface area contributed by atoms with Crippen LogP contribution in [-0.2, 0) is 11.3 Å². The quantitative estimate of drug-likeness (QED) is 0.318. The zero-order valence-electron chi connectivity index (χ0n) is 22.3. The van der Waals surface area contributed by atoms with Crippen molar-refractivity contribution in [2.75, 3.05) is 12.3 Å². The minimum Gasteiger partial charge on any atom is -0.395 e. The van der Waals surface area contributed by atoms with E-state index in [2.05, 4.69) is 35.8 Å². The van der Waals surface area contributed by atoms with Crippen molar-refractivity contribution in [2.24, 2.45) is 5.92 Å². The zero-order valence-corrected chi connectivity index (χ0v) is 23.9. The molecule has 1 saturated carbocycles. The zero-order chi connectivity index (χ0) is 26.8. The molecule has 0 aliphatic heterocycles. The van der Waals surface area contributed by atoms with E-state index in [-0.39, 0.29) is 40.0 Å². The minimum atomic E-state index is -0.636. The summed E-state index contributed by atoms with van der Waals surface area (Å²) in [7, 11) is 0. The summed E-state index contributed by atoms with van der Waals surface area (Å²) in [6.07, 6.45) is 8.40. The van der Waals surface area contributed by atoms with Crippen LogP contribution in [0.1, 0.15) is 104 Å². The van der Waals surface area contributed by atoms with E-state index in [0.29, 0.717) is 25.4 Å². The minimum absolute atomic E-state index is 0.0916. The molecule has 37 heavy (non-hydrogen) atoms. The van der Waals surface area contributed by atoms with Gasteiger partial charge in [0.15, 0.2) is 5.69 Å². The Balaban J connectivity index is 1.84. The van der Waals surface area contributed by atoms with Gasteiger partial charge in [-0.15, -0.1) is 11.3 Å². The van der Waals surface area contributed by atoms with Gasteiger partial charge in [-0.05, 0) is 54.6 Å². The molecule has 2 aromatic rings. The first kappa shape index (κ1) is 29.1. The van der Waals surface area contributed by atoms with Gasteiger partial charge in [-0.1, -0.05) is 58.9 Å². The van der Waals surface area contributed by atoms with Gasteiger partial charge in [0.05, 0.1) is 12.2 Å². The maximum absolute atomic E-state index is 13.9. The second kappa shape index (κ2) is 14.5. The Bertz CT molecular complexity index is 1020. The number of amides is 3. The van der Waals surface area contributed by atoms with E-state index >= 15 is 0 Å². The molecule has 1 aliphatic carbocycles. The van der Waals surface area contributed by atoms with E-state index in [1.54, 1.807) is 4.90 Å². The molecule has 10 heteroatoms. The standard InChI is InChI=1S/C27H41N5O3S2/c1-4-5-13-21(25(33)29-15-14-18(2)3)32(17-20-12-9-16-36-20)27(35)24-22(28)23(31-37-24)26(34)30-19-10-7-6-8-11-19/h9,12,16,18-19,21H,4-8,10-11,13-15,17,28H2,1-3H3,(H,29,33)(H,30,34). The van der Waals surface area contributed by atoms with Crippen LogP contribution in [0, 0.1) is 5.92 Å². The van der Waals surface area contributed by atoms with Crippen LogP contribution in [0.5, 0.6) is 0 Å². The molecule has 3 rings (SSSR count). The van der Waals surface area contributed by atoms with Crippen LogP contribution >= 0.6 is 22.9 Å². The van der Waals surface area contributed by atoms with Crippen molar-refractivity contribution in [3.63, 3.8) is 0 Å². The van der Waals surface area contributed by atoms with Crippen molar-refractivity contribution in [3.05, 3.63) is 33.0 Å². The van der Waals surface area contributed by atoms with Gasteiger partial charge in [0, 0.05) is 17.5 Å². The number of nitrogen functional groups attached to an aromatic ring is 1. The fourth-order valence-electron chi connectivity index (χ4n) is 4.57. The predicted molar refractivity (Wildman–Crippen MR) is 151 cm³/mol. The number of aromatic nitrogens is 1. The Morgan fingerprint density at radius 3 is 2.59 bits per heavy atom. The Hall–Kier alpha value is -2.46. The highest BCUT2D eigenvalue weighted by Gasteiger charge is 2.34. The summed E-state index contributed by atoms with van der Waals surface area (Å²) in [5.41, 5.74) is 6.54. The van der Waals surface area contributed by atoms with Gasteiger partial charge in [-0.2, -0.15) is 4.37 Å². The Labute approximate surface area is 228 Å². The van der Waals surface area contributed by atoms with Crippen molar-refractivity contribution in [1.29, 1.82) is 0 Å². The molecule has 1 aliphatic rings. The first-order chi connectivity index (χ1) is 17.8. The topological polar surface area (TPSA) is 117 Å². The van der Waals surface area contributed by atoms with Crippen molar-refractivity contribution >= 4 is 46.3 Å². The number of hydrogen-bond donors (Lipinski definition) is 3. The molecule has 1 fully saturated rings. The van der Waals surface area contributed by atoms with Crippen LogP contribution in [0.2, 0.25) is 0 Å². The molecule has 0 radical (unpaired) electrons. The van der Waals surface area contributed by atoms with Crippen LogP contribution < -0.4 is 16.4 Å². The number of nitrogens with two attached hydrogens (primary N) is 1. The summed E-state index contributed by atoms with van der Waals surface area (Å²) in [5.74, 6) is -0.385. The van der Waals surface area contributed by atoms with Crippen molar-refractivity contribution in [2.45, 2.75) is 97.2 Å². The molecule has 8 nitrogen and oxygen atoms in total. The third-order valence-corrected chi connectivity index (χ3v) is 8.49. The molecule has 1 atom stereocenters. The summed E-state index contributed by atoms with van der Waals surface area (Å²) >= 11 is 2.47. The van der Waals surface area contributed by atoms with Crippen LogP contribution in [0.25, 0.3) is 0 Å². The molecular formula is C27H41N5O3S2. The third kappa shape index (κ3) is 8.26. The molecule has 2 heterocycles. The van der Waals surface area contributed by atoms with E-state index in [1.165, 1.54) is 17.8 Å². The van der Waals surface area contributed by atoms with Gasteiger partial charge < -0.3 is 21.3 Å². The lowest BCUT2D eigenvalue weighted by atomic mass is 9.95. The highest BCUT2D eigenvalue weighted by Crippen LogP contribution is 2.28. The molecule has 0 saturated heterocycles. The molecule has 4 N–H and O–H groups in total. The lowest BCUT2D eigenvalue weighted by Crippen LogP contribution is -2.49. The molecule has 0 spiro atoms. The predicted octanol–water partition coefficient (Wildman–Crippen LogP) is 5.21. The summed E-state index contributed by atoms with van der Waals surface area (Å²) in [6.45, 7) is 7.15. The number of carbonyl (C=O) groups excluding carboxylic acids is 3. The van der Waals surface area contributed by atoms with Crippen molar-refractivity contribution in [3.8, 4) is 0 Å². The number of carbonyl (C=O) groups is 3. The van der Waals surface area contributed by atoms with Crippen LogP contribution in [0.4, 0.5) is 5.69 Å². The summed E-state index contributed by atoms with van der Waals surface area (Å²) in [4.78, 5) is 43.0. The number of nitrogens with zero attached hydrogens (tertiary/aromatic N) is 2. The molecule has 2 aromatic heterocycles. The Morgan fingerprint density at radius 1 is 1.19 bits per heavy atom. The fraction of sp³-hybridized carbons (Fsp3) is 0.630. The second-order valence-corrected chi connectivity index (χ2v) is 12.0. The molecule has 0 aromatic carbocycles. The first-order valence-electron chi connectivity index (χ1n) is 13.5. The summed E-state index contributed by atoms with van der Waals surface area (Å²) in [6, 6.07) is 3.37. The highest BCUT2D eigenvalue weighted by atomic mass is 32.1. The number of thiophene rings is 1. The lowest BCUT2D eigenvalue weighted by Gasteiger charge is -2.30. The molecule has 1 unspecified atom stereocenters. The van der Waals surface area contributed by atoms with Crippen LogP contribution in [0.15, 0.2) is 17.5 Å².